The van der Waals surface area contributed by atoms with Gasteiger partial charge in [-0.05, 0) is 23.7 Å². The third-order valence-electron chi connectivity index (χ3n) is 7.81. The molecule has 1 aromatic carbocycles. The average molecular weight is 714 g/mol. The number of nitrogens with zero attached hydrogens (tertiary/aromatic N) is 5. The standard InChI is InChI=1S/C29H35ClF3N5O7Si2/c1-41-18-47(45-24-15-35-37(28(40)26(24)29(31,32)33)16-20-3-5-22(42-2)6-4-20)19-43-10-7-25(39)36-8-9-38-27-23(13-21(30)14-34-27)44-11-12-46(38)17-36/h3-6,13-15,46-47H,7-12,16-19H2,1-2H3/t46?,47-/m0/s1. The maximum atomic E-state index is 14.1. The maximum Gasteiger partial charge on any atom is 0.425 e. The van der Waals surface area contributed by atoms with Crippen LogP contribution < -0.4 is 24.0 Å². The normalized spacial score (nSPS) is 16.9. The monoisotopic (exact) mass is 713 g/mol. The number of ether oxygens (including phenoxy) is 4. The first-order chi connectivity index (χ1) is 22.6. The SMILES string of the molecule is COC[Si@@H](COCCC(=O)N1CCN2c3ncc(Cl)cc3OCC[SiH]2C1)Oc1cnn(Cc2ccc(OC)cc2)c(=O)c1C(F)(F)F. The minimum atomic E-state index is -4.99. The molecule has 0 radical (unpaired) electrons. The van der Waals surface area contributed by atoms with Crippen molar-refractivity contribution in [2.45, 2.75) is 25.2 Å². The highest BCUT2D eigenvalue weighted by molar-refractivity contribution is 6.64. The van der Waals surface area contributed by atoms with Crippen LogP contribution in [0.25, 0.3) is 0 Å². The second kappa shape index (κ2) is 15.5. The lowest BCUT2D eigenvalue weighted by atomic mass is 10.2. The Morgan fingerprint density at radius 2 is 1.94 bits per heavy atom. The highest BCUT2D eigenvalue weighted by atomic mass is 35.5. The molecular formula is C29H35ClF3N5O7Si2. The van der Waals surface area contributed by atoms with Crippen molar-refractivity contribution in [3.8, 4) is 17.2 Å². The van der Waals surface area contributed by atoms with E-state index >= 15 is 0 Å². The van der Waals surface area contributed by atoms with Crippen molar-refractivity contribution >= 4 is 41.3 Å². The second-order valence-electron chi connectivity index (χ2n) is 11.0. The summed E-state index contributed by atoms with van der Waals surface area (Å²) in [6, 6.07) is 9.15. The van der Waals surface area contributed by atoms with Crippen molar-refractivity contribution in [2.24, 2.45) is 0 Å². The smallest absolute Gasteiger partial charge is 0.425 e. The van der Waals surface area contributed by atoms with Crippen LogP contribution in [0.3, 0.4) is 0 Å². The van der Waals surface area contributed by atoms with Crippen LogP contribution in [0.15, 0.2) is 47.5 Å². The molecule has 2 aromatic heterocycles. The van der Waals surface area contributed by atoms with Gasteiger partial charge in [0.05, 0.1) is 57.0 Å². The van der Waals surface area contributed by atoms with Gasteiger partial charge in [-0.1, -0.05) is 23.7 Å². The molecule has 47 heavy (non-hydrogen) atoms. The van der Waals surface area contributed by atoms with E-state index in [1.54, 1.807) is 36.5 Å². The zero-order valence-corrected chi connectivity index (χ0v) is 28.9. The van der Waals surface area contributed by atoms with Gasteiger partial charge in [0.25, 0.3) is 14.6 Å². The molecule has 1 unspecified atom stereocenters. The molecule has 5 rings (SSSR count). The number of benzene rings is 1. The molecule has 1 fully saturated rings. The fourth-order valence-electron chi connectivity index (χ4n) is 5.50. The summed E-state index contributed by atoms with van der Waals surface area (Å²) in [5, 5.41) is 4.45. The summed E-state index contributed by atoms with van der Waals surface area (Å²) >= 11 is 6.09. The van der Waals surface area contributed by atoms with Gasteiger partial charge in [-0.2, -0.15) is 18.3 Å². The van der Waals surface area contributed by atoms with Crippen molar-refractivity contribution in [3.63, 3.8) is 0 Å². The Morgan fingerprint density at radius 1 is 1.15 bits per heavy atom. The van der Waals surface area contributed by atoms with Crippen LogP contribution >= 0.6 is 11.6 Å². The molecule has 0 N–H and O–H groups in total. The second-order valence-corrected chi connectivity index (χ2v) is 16.5. The first-order valence-corrected chi connectivity index (χ1v) is 19.6. The van der Waals surface area contributed by atoms with E-state index in [1.807, 2.05) is 4.90 Å². The Balaban J connectivity index is 1.16. The summed E-state index contributed by atoms with van der Waals surface area (Å²) in [4.78, 5) is 32.3. The van der Waals surface area contributed by atoms with E-state index in [9.17, 15) is 22.8 Å². The number of carbonyl (C=O) groups is 1. The predicted octanol–water partition coefficient (Wildman–Crippen LogP) is 2.61. The van der Waals surface area contributed by atoms with Gasteiger partial charge in [0.15, 0.2) is 26.1 Å². The highest BCUT2D eigenvalue weighted by Crippen LogP contribution is 2.34. The third kappa shape index (κ3) is 8.64. The minimum absolute atomic E-state index is 0.0121. The van der Waals surface area contributed by atoms with E-state index < -0.39 is 41.0 Å². The molecule has 3 aromatic rings. The van der Waals surface area contributed by atoms with Crippen LogP contribution in [-0.4, -0.2) is 103 Å². The highest BCUT2D eigenvalue weighted by Gasteiger charge is 2.40. The van der Waals surface area contributed by atoms with Gasteiger partial charge in [0.1, 0.15) is 11.5 Å². The lowest BCUT2D eigenvalue weighted by Crippen LogP contribution is -2.58. The summed E-state index contributed by atoms with van der Waals surface area (Å²) in [5.41, 5.74) is -2.20. The third-order valence-corrected chi connectivity index (χ3v) is 13.1. The topological polar surface area (TPSA) is 117 Å². The Kier molecular flexibility index (Phi) is 11.4. The fraction of sp³-hybridized carbons (Fsp3) is 0.448. The Hall–Kier alpha value is -3.65. The fourth-order valence-corrected chi connectivity index (χ4v) is 10.2. The first kappa shape index (κ1) is 34.7. The number of alkyl halides is 3. The van der Waals surface area contributed by atoms with Crippen molar-refractivity contribution < 1.29 is 41.3 Å². The zero-order chi connectivity index (χ0) is 33.6. The minimum Gasteiger partial charge on any atom is -0.540 e. The number of halogens is 4. The van der Waals surface area contributed by atoms with E-state index in [4.69, 9.17) is 35.0 Å². The number of fused-ring (bicyclic) bond motifs is 3. The molecule has 0 saturated carbocycles. The predicted molar refractivity (Wildman–Crippen MR) is 171 cm³/mol. The van der Waals surface area contributed by atoms with E-state index in [1.165, 1.54) is 14.2 Å². The van der Waals surface area contributed by atoms with Crippen molar-refractivity contribution in [1.82, 2.24) is 19.7 Å². The van der Waals surface area contributed by atoms with Crippen molar-refractivity contribution in [2.75, 3.05) is 63.7 Å². The van der Waals surface area contributed by atoms with Gasteiger partial charge in [0, 0.05) is 38.6 Å². The van der Waals surface area contributed by atoms with Crippen LogP contribution in [-0.2, 0) is 27.0 Å². The molecule has 0 aliphatic carbocycles. The van der Waals surface area contributed by atoms with Crippen molar-refractivity contribution in [1.29, 1.82) is 0 Å². The van der Waals surface area contributed by atoms with E-state index in [0.29, 0.717) is 47.9 Å². The largest absolute Gasteiger partial charge is 0.540 e. The molecule has 254 valence electrons. The van der Waals surface area contributed by atoms with E-state index in [2.05, 4.69) is 14.6 Å². The number of pyridine rings is 1. The summed E-state index contributed by atoms with van der Waals surface area (Å²) in [5.74, 6) is 1.26. The van der Waals surface area contributed by atoms with E-state index in [-0.39, 0.29) is 37.9 Å². The number of methoxy groups -OCH3 is 2. The number of amides is 1. The molecule has 1 saturated heterocycles. The Labute approximate surface area is 277 Å². The number of anilines is 1. The van der Waals surface area contributed by atoms with Crippen LogP contribution in [0.1, 0.15) is 17.5 Å². The van der Waals surface area contributed by atoms with Gasteiger partial charge in [0.2, 0.25) is 5.91 Å². The van der Waals surface area contributed by atoms with Crippen LogP contribution in [0.5, 0.6) is 17.2 Å². The van der Waals surface area contributed by atoms with Crippen LogP contribution in [0, 0.1) is 0 Å². The molecule has 2 aliphatic heterocycles. The maximum absolute atomic E-state index is 14.1. The van der Waals surface area contributed by atoms with Crippen molar-refractivity contribution in [3.05, 3.63) is 69.2 Å². The molecule has 4 heterocycles. The molecule has 2 aliphatic rings. The number of carbonyl (C=O) groups excluding carboxylic acids is 1. The number of hydrogen-bond acceptors (Lipinski definition) is 10. The number of hydrogen-bond donors (Lipinski definition) is 0. The lowest BCUT2D eigenvalue weighted by molar-refractivity contribution is -0.140. The molecular weight excluding hydrogens is 679 g/mol. The molecule has 12 nitrogen and oxygen atoms in total. The summed E-state index contributed by atoms with van der Waals surface area (Å²) in [6.07, 6.45) is -1.79. The van der Waals surface area contributed by atoms with Crippen LogP contribution in [0.4, 0.5) is 19.0 Å². The molecule has 2 atom stereocenters. The Morgan fingerprint density at radius 3 is 2.66 bits per heavy atom. The summed E-state index contributed by atoms with van der Waals surface area (Å²) in [6.45, 7) is 1.57. The lowest BCUT2D eigenvalue weighted by Gasteiger charge is -2.40. The van der Waals surface area contributed by atoms with Gasteiger partial charge in [-0.3, -0.25) is 9.59 Å². The summed E-state index contributed by atoms with van der Waals surface area (Å²) in [7, 11) is -1.34. The summed E-state index contributed by atoms with van der Waals surface area (Å²) < 4.78 is 72.9. The zero-order valence-electron chi connectivity index (χ0n) is 25.9. The molecule has 0 bridgehead atoms. The molecule has 18 heteroatoms. The van der Waals surface area contributed by atoms with Gasteiger partial charge >= 0.3 is 6.18 Å². The van der Waals surface area contributed by atoms with Gasteiger partial charge < -0.3 is 32.8 Å². The van der Waals surface area contributed by atoms with Gasteiger partial charge in [-0.25, -0.2) is 9.67 Å². The van der Waals surface area contributed by atoms with Crippen LogP contribution in [0.2, 0.25) is 11.1 Å². The van der Waals surface area contributed by atoms with E-state index in [0.717, 1.165) is 22.7 Å². The number of aromatic nitrogens is 3. The Bertz CT molecular complexity index is 1600. The molecule has 0 spiro atoms. The first-order valence-electron chi connectivity index (χ1n) is 14.9. The quantitative estimate of drug-likeness (QED) is 0.205. The van der Waals surface area contributed by atoms with Gasteiger partial charge in [-0.15, -0.1) is 0 Å². The molecule has 1 amide bonds. The number of rotatable bonds is 12. The average Bonchev–Trinajstić information content (AvgIpc) is 3.22.